The summed E-state index contributed by atoms with van der Waals surface area (Å²) in [6, 6.07) is 0.558. The van der Waals surface area contributed by atoms with Crippen molar-refractivity contribution in [2.75, 3.05) is 6.67 Å². The molecule has 1 N–H and O–H groups in total. The molecule has 3 heteroatoms. The molecular formula is C13H24N2O. The monoisotopic (exact) mass is 224 g/mol. The Morgan fingerprint density at radius 1 is 1.25 bits per heavy atom. The Balaban J connectivity index is 2.00. The highest BCUT2D eigenvalue weighted by Crippen LogP contribution is 2.32. The van der Waals surface area contributed by atoms with Gasteiger partial charge in [0, 0.05) is 6.04 Å². The third-order valence-corrected chi connectivity index (χ3v) is 4.09. The van der Waals surface area contributed by atoms with Gasteiger partial charge in [-0.1, -0.05) is 20.8 Å². The van der Waals surface area contributed by atoms with Gasteiger partial charge in [-0.3, -0.25) is 10.1 Å². The first-order valence-corrected chi connectivity index (χ1v) is 6.65. The quantitative estimate of drug-likeness (QED) is 0.778. The van der Waals surface area contributed by atoms with Gasteiger partial charge in [0.25, 0.3) is 0 Å². The van der Waals surface area contributed by atoms with E-state index in [1.807, 2.05) is 0 Å². The molecule has 1 saturated carbocycles. The minimum Gasteiger partial charge on any atom is -0.326 e. The maximum absolute atomic E-state index is 12.1. The highest BCUT2D eigenvalue weighted by Gasteiger charge is 2.37. The van der Waals surface area contributed by atoms with Crippen LogP contribution in [0.25, 0.3) is 0 Å². The molecule has 0 radical (unpaired) electrons. The van der Waals surface area contributed by atoms with Gasteiger partial charge in [0.15, 0.2) is 0 Å². The van der Waals surface area contributed by atoms with Gasteiger partial charge in [-0.15, -0.1) is 0 Å². The van der Waals surface area contributed by atoms with E-state index in [4.69, 9.17) is 0 Å². The van der Waals surface area contributed by atoms with Crippen molar-refractivity contribution in [3.63, 3.8) is 0 Å². The molecule has 3 atom stereocenters. The first-order valence-electron chi connectivity index (χ1n) is 6.65. The number of nitrogens with one attached hydrogen (secondary N) is 1. The van der Waals surface area contributed by atoms with Crippen LogP contribution in [0.15, 0.2) is 0 Å². The maximum atomic E-state index is 12.1. The summed E-state index contributed by atoms with van der Waals surface area (Å²) in [7, 11) is 0. The first kappa shape index (κ1) is 11.9. The number of hydrogen-bond donors (Lipinski definition) is 1. The summed E-state index contributed by atoms with van der Waals surface area (Å²) in [4.78, 5) is 14.2. The minimum atomic E-state index is 0.0764. The molecule has 2 fully saturated rings. The molecule has 2 rings (SSSR count). The standard InChI is InChI=1S/C13H24N2O/c1-4-12-13(16)15(8-14-12)11-6-9(2)5-10(3)7-11/h9-12,14H,4-8H2,1-3H3. The smallest absolute Gasteiger partial charge is 0.241 e. The predicted octanol–water partition coefficient (Wildman–Crippen LogP) is 1.98. The Morgan fingerprint density at radius 3 is 2.38 bits per heavy atom. The van der Waals surface area contributed by atoms with E-state index in [9.17, 15) is 4.79 Å². The van der Waals surface area contributed by atoms with Crippen LogP contribution in [0.5, 0.6) is 0 Å². The maximum Gasteiger partial charge on any atom is 0.241 e. The van der Waals surface area contributed by atoms with Crippen LogP contribution in [0.2, 0.25) is 0 Å². The summed E-state index contributed by atoms with van der Waals surface area (Å²) in [6.45, 7) is 7.47. The van der Waals surface area contributed by atoms with Crippen molar-refractivity contribution in [1.29, 1.82) is 0 Å². The van der Waals surface area contributed by atoms with Crippen molar-refractivity contribution in [3.8, 4) is 0 Å². The van der Waals surface area contributed by atoms with Crippen molar-refractivity contribution in [3.05, 3.63) is 0 Å². The van der Waals surface area contributed by atoms with E-state index >= 15 is 0 Å². The molecule has 3 unspecified atom stereocenters. The topological polar surface area (TPSA) is 32.3 Å². The molecule has 1 saturated heterocycles. The van der Waals surface area contributed by atoms with Gasteiger partial charge < -0.3 is 4.90 Å². The Kier molecular flexibility index (Phi) is 3.53. The van der Waals surface area contributed by atoms with Crippen LogP contribution in [-0.2, 0) is 4.79 Å². The van der Waals surface area contributed by atoms with Crippen LogP contribution in [0.4, 0.5) is 0 Å². The van der Waals surface area contributed by atoms with Gasteiger partial charge in [0.2, 0.25) is 5.91 Å². The average molecular weight is 224 g/mol. The second kappa shape index (κ2) is 4.74. The van der Waals surface area contributed by atoms with Crippen molar-refractivity contribution >= 4 is 5.91 Å². The second-order valence-electron chi connectivity index (χ2n) is 5.70. The highest BCUT2D eigenvalue weighted by molar-refractivity contribution is 5.84. The van der Waals surface area contributed by atoms with Gasteiger partial charge in [0.05, 0.1) is 12.7 Å². The molecule has 2 aliphatic rings. The van der Waals surface area contributed by atoms with Gasteiger partial charge in [-0.25, -0.2) is 0 Å². The Labute approximate surface area is 98.6 Å². The largest absolute Gasteiger partial charge is 0.326 e. The number of carbonyl (C=O) groups excluding carboxylic acids is 1. The molecule has 0 spiro atoms. The molecule has 0 bridgehead atoms. The predicted molar refractivity (Wildman–Crippen MR) is 64.9 cm³/mol. The lowest BCUT2D eigenvalue weighted by atomic mass is 9.80. The van der Waals surface area contributed by atoms with Crippen LogP contribution in [0, 0.1) is 11.8 Å². The summed E-state index contributed by atoms with van der Waals surface area (Å²) < 4.78 is 0. The fourth-order valence-electron chi connectivity index (χ4n) is 3.36. The van der Waals surface area contributed by atoms with Gasteiger partial charge in [-0.2, -0.15) is 0 Å². The zero-order valence-electron chi connectivity index (χ0n) is 10.7. The van der Waals surface area contributed by atoms with E-state index in [-0.39, 0.29) is 6.04 Å². The van der Waals surface area contributed by atoms with Gasteiger partial charge in [-0.05, 0) is 37.5 Å². The lowest BCUT2D eigenvalue weighted by Crippen LogP contribution is -2.42. The summed E-state index contributed by atoms with van der Waals surface area (Å²) in [6.07, 6.45) is 4.61. The summed E-state index contributed by atoms with van der Waals surface area (Å²) >= 11 is 0. The zero-order chi connectivity index (χ0) is 11.7. The Morgan fingerprint density at radius 2 is 1.88 bits per heavy atom. The molecule has 1 heterocycles. The summed E-state index contributed by atoms with van der Waals surface area (Å²) in [5.41, 5.74) is 0. The number of amides is 1. The lowest BCUT2D eigenvalue weighted by molar-refractivity contribution is -0.132. The van der Waals surface area contributed by atoms with Crippen molar-refractivity contribution in [2.24, 2.45) is 11.8 Å². The van der Waals surface area contributed by atoms with Gasteiger partial charge in [0.1, 0.15) is 0 Å². The van der Waals surface area contributed by atoms with Crippen molar-refractivity contribution < 1.29 is 4.79 Å². The molecule has 16 heavy (non-hydrogen) atoms. The summed E-state index contributed by atoms with van der Waals surface area (Å²) in [5, 5.41) is 3.31. The number of carbonyl (C=O) groups is 1. The Hall–Kier alpha value is -0.570. The number of nitrogens with zero attached hydrogens (tertiary/aromatic N) is 1. The second-order valence-corrected chi connectivity index (χ2v) is 5.70. The van der Waals surface area contributed by atoms with E-state index in [1.54, 1.807) is 0 Å². The van der Waals surface area contributed by atoms with E-state index in [0.717, 1.165) is 24.9 Å². The molecule has 0 aromatic heterocycles. The summed E-state index contributed by atoms with van der Waals surface area (Å²) in [5.74, 6) is 1.86. The normalized spacial score (nSPS) is 40.4. The number of hydrogen-bond acceptors (Lipinski definition) is 2. The van der Waals surface area contributed by atoms with Gasteiger partial charge >= 0.3 is 0 Å². The van der Waals surface area contributed by atoms with Crippen molar-refractivity contribution in [2.45, 2.75) is 58.5 Å². The number of rotatable bonds is 2. The minimum absolute atomic E-state index is 0.0764. The lowest BCUT2D eigenvalue weighted by Gasteiger charge is -2.36. The zero-order valence-corrected chi connectivity index (χ0v) is 10.7. The molecule has 1 aliphatic carbocycles. The fraction of sp³-hybridized carbons (Fsp3) is 0.923. The van der Waals surface area contributed by atoms with E-state index in [0.29, 0.717) is 11.9 Å². The Bertz CT molecular complexity index is 257. The molecule has 92 valence electrons. The third kappa shape index (κ3) is 2.24. The van der Waals surface area contributed by atoms with Crippen LogP contribution in [0.3, 0.4) is 0 Å². The third-order valence-electron chi connectivity index (χ3n) is 4.09. The van der Waals surface area contributed by atoms with Crippen molar-refractivity contribution in [1.82, 2.24) is 10.2 Å². The van der Waals surface area contributed by atoms with E-state index in [2.05, 4.69) is 31.0 Å². The highest BCUT2D eigenvalue weighted by atomic mass is 16.2. The SMILES string of the molecule is CCC1NCN(C2CC(C)CC(C)C2)C1=O. The van der Waals surface area contributed by atoms with Crippen LogP contribution in [-0.4, -0.2) is 29.6 Å². The molecular weight excluding hydrogens is 200 g/mol. The molecule has 0 aromatic rings. The first-order chi connectivity index (χ1) is 7.61. The van der Waals surface area contributed by atoms with Crippen LogP contribution < -0.4 is 5.32 Å². The molecule has 1 amide bonds. The van der Waals surface area contributed by atoms with Crippen LogP contribution >= 0.6 is 0 Å². The molecule has 1 aliphatic heterocycles. The van der Waals surface area contributed by atoms with Crippen LogP contribution in [0.1, 0.15) is 46.5 Å². The molecule has 0 aromatic carbocycles. The average Bonchev–Trinajstić information content (AvgIpc) is 2.58. The van der Waals surface area contributed by atoms with E-state index in [1.165, 1.54) is 19.3 Å². The van der Waals surface area contributed by atoms with E-state index < -0.39 is 0 Å². The fourth-order valence-corrected chi connectivity index (χ4v) is 3.36. The molecule has 3 nitrogen and oxygen atoms in total.